The molecule has 0 atom stereocenters. The summed E-state index contributed by atoms with van der Waals surface area (Å²) in [5, 5.41) is 12.1. The van der Waals surface area contributed by atoms with Crippen LogP contribution in [0.2, 0.25) is 0 Å². The van der Waals surface area contributed by atoms with Crippen molar-refractivity contribution in [1.29, 1.82) is 0 Å². The van der Waals surface area contributed by atoms with E-state index in [9.17, 15) is 14.0 Å². The lowest BCUT2D eigenvalue weighted by molar-refractivity contribution is -0.123. The molecule has 1 aliphatic rings. The molecule has 2 aromatic rings. The summed E-state index contributed by atoms with van der Waals surface area (Å²) in [4.78, 5) is 23.7. The van der Waals surface area contributed by atoms with Gasteiger partial charge in [0.15, 0.2) is 0 Å². The van der Waals surface area contributed by atoms with Gasteiger partial charge in [0.2, 0.25) is 5.91 Å². The van der Waals surface area contributed by atoms with Gasteiger partial charge in [-0.15, -0.1) is 0 Å². The van der Waals surface area contributed by atoms with Crippen molar-refractivity contribution in [3.63, 3.8) is 0 Å². The lowest BCUT2D eigenvalue weighted by Gasteiger charge is -2.38. The van der Waals surface area contributed by atoms with Gasteiger partial charge in [0, 0.05) is 13.2 Å². The minimum atomic E-state index is -1.03. The predicted molar refractivity (Wildman–Crippen MR) is 93.4 cm³/mol. The summed E-state index contributed by atoms with van der Waals surface area (Å²) in [7, 11) is 0. The lowest BCUT2D eigenvalue weighted by atomic mass is 9.82. The molecule has 0 saturated carbocycles. The molecule has 0 aromatic heterocycles. The molecule has 2 aromatic carbocycles. The Morgan fingerprint density at radius 1 is 1.12 bits per heavy atom. The van der Waals surface area contributed by atoms with E-state index in [1.807, 2.05) is 0 Å². The largest absolute Gasteiger partial charge is 0.478 e. The van der Waals surface area contributed by atoms with Crippen LogP contribution in [0.4, 0.5) is 4.39 Å². The van der Waals surface area contributed by atoms with E-state index < -0.39 is 11.5 Å². The van der Waals surface area contributed by atoms with Crippen molar-refractivity contribution >= 4 is 11.9 Å². The highest BCUT2D eigenvalue weighted by molar-refractivity contribution is 5.88. The van der Waals surface area contributed by atoms with E-state index in [0.717, 1.165) is 0 Å². The molecule has 136 valence electrons. The van der Waals surface area contributed by atoms with E-state index in [-0.39, 0.29) is 23.7 Å². The van der Waals surface area contributed by atoms with Gasteiger partial charge in [-0.25, -0.2) is 9.18 Å². The van der Waals surface area contributed by atoms with E-state index in [2.05, 4.69) is 5.32 Å². The van der Waals surface area contributed by atoms with Gasteiger partial charge in [0.1, 0.15) is 5.82 Å². The first-order chi connectivity index (χ1) is 12.5. The molecule has 0 unspecified atom stereocenters. The number of nitrogens with one attached hydrogen (secondary N) is 1. The van der Waals surface area contributed by atoms with Crippen molar-refractivity contribution < 1.29 is 23.8 Å². The van der Waals surface area contributed by atoms with Crippen molar-refractivity contribution in [2.45, 2.75) is 24.8 Å². The first kappa shape index (κ1) is 18.1. The Morgan fingerprint density at radius 3 is 2.54 bits per heavy atom. The number of rotatable bonds is 5. The van der Waals surface area contributed by atoms with Crippen LogP contribution in [-0.2, 0) is 21.5 Å². The van der Waals surface area contributed by atoms with E-state index in [1.165, 1.54) is 24.3 Å². The maximum absolute atomic E-state index is 13.7. The molecule has 0 spiro atoms. The van der Waals surface area contributed by atoms with Crippen LogP contribution in [0.3, 0.4) is 0 Å². The molecule has 0 aliphatic carbocycles. The topological polar surface area (TPSA) is 75.6 Å². The number of amides is 1. The highest BCUT2D eigenvalue weighted by atomic mass is 19.1. The van der Waals surface area contributed by atoms with Crippen LogP contribution in [0.1, 0.15) is 34.3 Å². The Bertz CT molecular complexity index is 815. The molecule has 1 amide bonds. The number of carbonyl (C=O) groups excluding carboxylic acids is 1. The third-order valence-electron chi connectivity index (χ3n) is 4.64. The number of carboxylic acid groups (broad SMARTS) is 1. The normalized spacial score (nSPS) is 16.0. The fourth-order valence-corrected chi connectivity index (χ4v) is 3.30. The van der Waals surface area contributed by atoms with Crippen LogP contribution in [-0.4, -0.2) is 30.2 Å². The summed E-state index contributed by atoms with van der Waals surface area (Å²) in [5.74, 6) is -1.62. The molecule has 1 aliphatic heterocycles. The molecule has 5 nitrogen and oxygen atoms in total. The standard InChI is InChI=1S/C20H20FNO4/c21-17-6-2-5-16(13-17)20(7-9-26-10-8-20)22-18(23)12-14-3-1-4-15(11-14)19(24)25/h1-6,11,13H,7-10,12H2,(H,22,23)(H,24,25). The number of hydrogen-bond donors (Lipinski definition) is 2. The van der Waals surface area contributed by atoms with E-state index in [4.69, 9.17) is 9.84 Å². The fourth-order valence-electron chi connectivity index (χ4n) is 3.30. The van der Waals surface area contributed by atoms with Crippen molar-refractivity contribution in [2.75, 3.05) is 13.2 Å². The van der Waals surface area contributed by atoms with E-state index in [0.29, 0.717) is 37.2 Å². The summed E-state index contributed by atoms with van der Waals surface area (Å²) in [6, 6.07) is 12.5. The Kier molecular flexibility index (Phi) is 5.32. The zero-order valence-electron chi connectivity index (χ0n) is 14.2. The van der Waals surface area contributed by atoms with Gasteiger partial charge < -0.3 is 15.2 Å². The minimum absolute atomic E-state index is 0.0546. The lowest BCUT2D eigenvalue weighted by Crippen LogP contribution is -2.50. The maximum atomic E-state index is 13.7. The second-order valence-corrected chi connectivity index (χ2v) is 6.44. The summed E-state index contributed by atoms with van der Waals surface area (Å²) in [5.41, 5.74) is 0.792. The average Bonchev–Trinajstić information content (AvgIpc) is 2.62. The molecule has 0 radical (unpaired) electrons. The van der Waals surface area contributed by atoms with Gasteiger partial charge in [-0.3, -0.25) is 4.79 Å². The zero-order chi connectivity index (χ0) is 18.6. The van der Waals surface area contributed by atoms with Crippen molar-refractivity contribution in [1.82, 2.24) is 5.32 Å². The maximum Gasteiger partial charge on any atom is 0.335 e. The SMILES string of the molecule is O=C(Cc1cccc(C(=O)O)c1)NC1(c2cccc(F)c2)CCOCC1. The molecule has 6 heteroatoms. The van der Waals surface area contributed by atoms with E-state index in [1.54, 1.807) is 24.3 Å². The second-order valence-electron chi connectivity index (χ2n) is 6.44. The van der Waals surface area contributed by atoms with Gasteiger partial charge in [-0.1, -0.05) is 24.3 Å². The molecule has 3 rings (SSSR count). The Balaban J connectivity index is 1.80. The second kappa shape index (κ2) is 7.66. The van der Waals surface area contributed by atoms with Crippen LogP contribution in [0.15, 0.2) is 48.5 Å². The predicted octanol–water partition coefficient (Wildman–Crippen LogP) is 2.89. The highest BCUT2D eigenvalue weighted by Crippen LogP contribution is 2.32. The van der Waals surface area contributed by atoms with E-state index >= 15 is 0 Å². The number of aromatic carboxylic acids is 1. The molecule has 2 N–H and O–H groups in total. The van der Waals surface area contributed by atoms with Crippen LogP contribution in [0.25, 0.3) is 0 Å². The van der Waals surface area contributed by atoms with Crippen LogP contribution >= 0.6 is 0 Å². The Morgan fingerprint density at radius 2 is 1.85 bits per heavy atom. The number of halogens is 1. The van der Waals surface area contributed by atoms with Gasteiger partial charge in [-0.05, 0) is 48.2 Å². The summed E-state index contributed by atoms with van der Waals surface area (Å²) in [6.45, 7) is 0.955. The zero-order valence-corrected chi connectivity index (χ0v) is 14.2. The molecule has 1 heterocycles. The van der Waals surface area contributed by atoms with Gasteiger partial charge >= 0.3 is 5.97 Å². The summed E-state index contributed by atoms with van der Waals surface area (Å²) >= 11 is 0. The molecule has 1 fully saturated rings. The molecular weight excluding hydrogens is 337 g/mol. The van der Waals surface area contributed by atoms with Crippen molar-refractivity contribution in [3.05, 3.63) is 71.0 Å². The molecule has 0 bridgehead atoms. The third kappa shape index (κ3) is 4.08. The number of benzene rings is 2. The van der Waals surface area contributed by atoms with Gasteiger partial charge in [0.25, 0.3) is 0 Å². The number of carboxylic acids is 1. The first-order valence-electron chi connectivity index (χ1n) is 8.46. The Hall–Kier alpha value is -2.73. The molecule has 26 heavy (non-hydrogen) atoms. The number of hydrogen-bond acceptors (Lipinski definition) is 3. The van der Waals surface area contributed by atoms with Gasteiger partial charge in [-0.2, -0.15) is 0 Å². The van der Waals surface area contributed by atoms with Crippen molar-refractivity contribution in [3.8, 4) is 0 Å². The highest BCUT2D eigenvalue weighted by Gasteiger charge is 2.36. The molecule has 1 saturated heterocycles. The van der Waals surface area contributed by atoms with Crippen LogP contribution in [0, 0.1) is 5.82 Å². The smallest absolute Gasteiger partial charge is 0.335 e. The summed E-state index contributed by atoms with van der Waals surface area (Å²) < 4.78 is 19.1. The van der Waals surface area contributed by atoms with Crippen LogP contribution < -0.4 is 5.32 Å². The number of carbonyl (C=O) groups is 2. The average molecular weight is 357 g/mol. The molecular formula is C20H20FNO4. The third-order valence-corrected chi connectivity index (χ3v) is 4.64. The minimum Gasteiger partial charge on any atom is -0.478 e. The fraction of sp³-hybridized carbons (Fsp3) is 0.300. The number of ether oxygens (including phenoxy) is 1. The van der Waals surface area contributed by atoms with Crippen molar-refractivity contribution in [2.24, 2.45) is 0 Å². The quantitative estimate of drug-likeness (QED) is 0.863. The first-order valence-corrected chi connectivity index (χ1v) is 8.46. The van der Waals surface area contributed by atoms with Crippen LogP contribution in [0.5, 0.6) is 0 Å². The Labute approximate surface area is 150 Å². The summed E-state index contributed by atoms with van der Waals surface area (Å²) in [6.07, 6.45) is 1.16. The van der Waals surface area contributed by atoms with Gasteiger partial charge in [0.05, 0.1) is 17.5 Å². The monoisotopic (exact) mass is 357 g/mol.